The van der Waals surface area contributed by atoms with Crippen LogP contribution in [0.3, 0.4) is 0 Å². The van der Waals surface area contributed by atoms with E-state index < -0.39 is 11.9 Å². The maximum atomic E-state index is 13.0. The molecule has 148 valence electrons. The molecule has 0 radical (unpaired) electrons. The van der Waals surface area contributed by atoms with Gasteiger partial charge in [0.1, 0.15) is 5.82 Å². The Morgan fingerprint density at radius 3 is 2.48 bits per heavy atom. The van der Waals surface area contributed by atoms with E-state index in [9.17, 15) is 14.0 Å². The highest BCUT2D eigenvalue weighted by Gasteiger charge is 2.15. The largest absolute Gasteiger partial charge is 0.465 e. The van der Waals surface area contributed by atoms with Crippen LogP contribution in [-0.4, -0.2) is 29.0 Å². The van der Waals surface area contributed by atoms with Crippen molar-refractivity contribution in [2.24, 2.45) is 0 Å². The van der Waals surface area contributed by atoms with Crippen molar-refractivity contribution in [3.63, 3.8) is 0 Å². The third kappa shape index (κ3) is 5.52. The average molecular weight is 432 g/mol. The van der Waals surface area contributed by atoms with E-state index in [-0.39, 0.29) is 16.5 Å². The minimum Gasteiger partial charge on any atom is -0.465 e. The van der Waals surface area contributed by atoms with E-state index in [1.165, 1.54) is 49.3 Å². The number of aromatic nitrogens is 2. The Bertz CT molecular complexity index is 1030. The molecular formula is C20H15ClFN3O3S. The number of amides is 1. The molecule has 9 heteroatoms. The number of nitrogens with zero attached hydrogens (tertiary/aromatic N) is 2. The third-order valence-corrected chi connectivity index (χ3v) is 4.99. The lowest BCUT2D eigenvalue weighted by Gasteiger charge is -2.08. The molecule has 3 rings (SSSR count). The molecule has 0 aliphatic heterocycles. The Balaban J connectivity index is 1.69. The Morgan fingerprint density at radius 2 is 1.83 bits per heavy atom. The summed E-state index contributed by atoms with van der Waals surface area (Å²) in [6, 6.07) is 12.3. The van der Waals surface area contributed by atoms with E-state index in [1.54, 1.807) is 24.3 Å². The number of thioether (sulfide) groups is 1. The van der Waals surface area contributed by atoms with E-state index in [4.69, 9.17) is 11.6 Å². The fourth-order valence-corrected chi connectivity index (χ4v) is 3.25. The molecule has 29 heavy (non-hydrogen) atoms. The number of hydrogen-bond donors (Lipinski definition) is 1. The van der Waals surface area contributed by atoms with Gasteiger partial charge in [0.05, 0.1) is 23.9 Å². The first-order valence-electron chi connectivity index (χ1n) is 8.36. The van der Waals surface area contributed by atoms with Crippen LogP contribution in [0.4, 0.5) is 10.1 Å². The zero-order valence-corrected chi connectivity index (χ0v) is 16.8. The number of rotatable bonds is 6. The topological polar surface area (TPSA) is 81.2 Å². The number of carbonyl (C=O) groups excluding carboxylic acids is 2. The molecule has 1 N–H and O–H groups in total. The average Bonchev–Trinajstić information content (AvgIpc) is 2.74. The van der Waals surface area contributed by atoms with E-state index in [0.29, 0.717) is 22.2 Å². The van der Waals surface area contributed by atoms with Gasteiger partial charge in [-0.15, -0.1) is 0 Å². The van der Waals surface area contributed by atoms with Crippen molar-refractivity contribution < 1.29 is 18.7 Å². The number of benzene rings is 2. The van der Waals surface area contributed by atoms with Gasteiger partial charge in [-0.05, 0) is 42.0 Å². The second kappa shape index (κ2) is 9.49. The van der Waals surface area contributed by atoms with Crippen LogP contribution in [0.5, 0.6) is 0 Å². The van der Waals surface area contributed by atoms with E-state index in [1.807, 2.05) is 0 Å². The van der Waals surface area contributed by atoms with Gasteiger partial charge in [0.15, 0.2) is 10.9 Å². The predicted molar refractivity (Wildman–Crippen MR) is 109 cm³/mol. The molecule has 0 bridgehead atoms. The molecule has 0 atom stereocenters. The number of carbonyl (C=O) groups is 2. The molecule has 1 amide bonds. The van der Waals surface area contributed by atoms with Crippen molar-refractivity contribution in [3.8, 4) is 0 Å². The maximum absolute atomic E-state index is 13.0. The summed E-state index contributed by atoms with van der Waals surface area (Å²) in [6.45, 7) is 0. The lowest BCUT2D eigenvalue weighted by molar-refractivity contribution is 0.0600. The molecule has 0 fully saturated rings. The van der Waals surface area contributed by atoms with Gasteiger partial charge in [0.25, 0.3) is 5.91 Å². The lowest BCUT2D eigenvalue weighted by atomic mass is 10.2. The zero-order chi connectivity index (χ0) is 20.8. The fraction of sp³-hybridized carbons (Fsp3) is 0.100. The first-order chi connectivity index (χ1) is 14.0. The molecule has 1 heterocycles. The van der Waals surface area contributed by atoms with Crippen LogP contribution in [0.25, 0.3) is 0 Å². The van der Waals surface area contributed by atoms with Crippen LogP contribution in [0.15, 0.2) is 59.9 Å². The van der Waals surface area contributed by atoms with E-state index in [2.05, 4.69) is 20.0 Å². The molecule has 0 spiro atoms. The summed E-state index contributed by atoms with van der Waals surface area (Å²) in [5, 5.41) is 3.15. The second-order valence-corrected chi connectivity index (χ2v) is 7.14. The van der Waals surface area contributed by atoms with Crippen molar-refractivity contribution in [2.45, 2.75) is 10.9 Å². The number of hydrogen-bond acceptors (Lipinski definition) is 6. The highest BCUT2D eigenvalue weighted by molar-refractivity contribution is 7.98. The number of halogens is 2. The third-order valence-electron chi connectivity index (χ3n) is 3.78. The molecule has 0 unspecified atom stereocenters. The van der Waals surface area contributed by atoms with Crippen molar-refractivity contribution >= 4 is 40.9 Å². The predicted octanol–water partition coefficient (Wildman–Crippen LogP) is 4.60. The summed E-state index contributed by atoms with van der Waals surface area (Å²) in [4.78, 5) is 32.3. The minimum absolute atomic E-state index is 0.0281. The van der Waals surface area contributed by atoms with Crippen LogP contribution < -0.4 is 5.32 Å². The second-order valence-electron chi connectivity index (χ2n) is 5.79. The molecule has 6 nitrogen and oxygen atoms in total. The van der Waals surface area contributed by atoms with Gasteiger partial charge in [-0.1, -0.05) is 35.5 Å². The molecule has 0 aliphatic carbocycles. The van der Waals surface area contributed by atoms with Crippen LogP contribution in [0.1, 0.15) is 26.4 Å². The van der Waals surface area contributed by atoms with E-state index in [0.717, 1.165) is 5.56 Å². The van der Waals surface area contributed by atoms with Gasteiger partial charge >= 0.3 is 5.97 Å². The summed E-state index contributed by atoms with van der Waals surface area (Å²) in [5.74, 6) is -0.769. The number of esters is 1. The zero-order valence-electron chi connectivity index (χ0n) is 15.2. The normalized spacial score (nSPS) is 10.4. The molecule has 0 aliphatic rings. The molecular weight excluding hydrogens is 417 g/mol. The SMILES string of the molecule is COC(=O)c1ccc(NC(=O)c2nc(SCc3ccc(F)cc3)ncc2Cl)cc1. The van der Waals surface area contributed by atoms with Gasteiger partial charge in [-0.25, -0.2) is 19.2 Å². The minimum atomic E-state index is -0.508. The molecule has 2 aromatic carbocycles. The summed E-state index contributed by atoms with van der Waals surface area (Å²) in [7, 11) is 1.29. The van der Waals surface area contributed by atoms with Crippen LogP contribution in [0, 0.1) is 5.82 Å². The Kier molecular flexibility index (Phi) is 6.79. The number of nitrogens with one attached hydrogen (secondary N) is 1. The Morgan fingerprint density at radius 1 is 1.14 bits per heavy atom. The smallest absolute Gasteiger partial charge is 0.337 e. The van der Waals surface area contributed by atoms with Gasteiger partial charge < -0.3 is 10.1 Å². The quantitative estimate of drug-likeness (QED) is 0.349. The molecule has 3 aromatic rings. The van der Waals surface area contributed by atoms with Crippen molar-refractivity contribution in [1.29, 1.82) is 0 Å². The standard InChI is InChI=1S/C20H15ClFN3O3S/c1-28-19(27)13-4-8-15(9-5-13)24-18(26)17-16(21)10-23-20(25-17)29-11-12-2-6-14(22)7-3-12/h2-10H,11H2,1H3,(H,24,26). The number of ether oxygens (including phenoxy) is 1. The molecule has 0 saturated heterocycles. The van der Waals surface area contributed by atoms with Gasteiger partial charge in [-0.2, -0.15) is 0 Å². The number of anilines is 1. The maximum Gasteiger partial charge on any atom is 0.337 e. The first kappa shape index (κ1) is 20.8. The van der Waals surface area contributed by atoms with Gasteiger partial charge in [-0.3, -0.25) is 4.79 Å². The number of methoxy groups -OCH3 is 1. The highest BCUT2D eigenvalue weighted by atomic mass is 35.5. The van der Waals surface area contributed by atoms with Crippen molar-refractivity contribution in [1.82, 2.24) is 9.97 Å². The highest BCUT2D eigenvalue weighted by Crippen LogP contribution is 2.23. The van der Waals surface area contributed by atoms with Crippen LogP contribution >= 0.6 is 23.4 Å². The van der Waals surface area contributed by atoms with E-state index >= 15 is 0 Å². The summed E-state index contributed by atoms with van der Waals surface area (Å²) in [6.07, 6.45) is 1.36. The van der Waals surface area contributed by atoms with Crippen molar-refractivity contribution in [2.75, 3.05) is 12.4 Å². The monoisotopic (exact) mass is 431 g/mol. The van der Waals surface area contributed by atoms with Crippen LogP contribution in [0.2, 0.25) is 5.02 Å². The van der Waals surface area contributed by atoms with Gasteiger partial charge in [0, 0.05) is 11.4 Å². The molecule has 0 saturated carbocycles. The summed E-state index contributed by atoms with van der Waals surface area (Å²) < 4.78 is 17.6. The Hall–Kier alpha value is -2.97. The molecule has 1 aromatic heterocycles. The first-order valence-corrected chi connectivity index (χ1v) is 9.72. The summed E-state index contributed by atoms with van der Waals surface area (Å²) in [5.41, 5.74) is 1.76. The van der Waals surface area contributed by atoms with Gasteiger partial charge in [0.2, 0.25) is 0 Å². The van der Waals surface area contributed by atoms with Crippen molar-refractivity contribution in [3.05, 3.63) is 82.4 Å². The summed E-state index contributed by atoms with van der Waals surface area (Å²) >= 11 is 7.38. The fourth-order valence-electron chi connectivity index (χ4n) is 2.31. The lowest BCUT2D eigenvalue weighted by Crippen LogP contribution is -2.15. The van der Waals surface area contributed by atoms with Crippen LogP contribution in [-0.2, 0) is 10.5 Å². The Labute approximate surface area is 175 Å².